The molecule has 1 heterocycles. The maximum atomic E-state index is 9.08. The minimum Gasteiger partial charge on any atom is -0.381 e. The van der Waals surface area contributed by atoms with E-state index in [-0.39, 0.29) is 0 Å². The van der Waals surface area contributed by atoms with Crippen LogP contribution in [-0.2, 0) is 0 Å². The van der Waals surface area contributed by atoms with E-state index in [4.69, 9.17) is 5.11 Å². The minimum atomic E-state index is -0.523. The van der Waals surface area contributed by atoms with Crippen LogP contribution in [0.15, 0.2) is 11.1 Å². The van der Waals surface area contributed by atoms with Crippen molar-refractivity contribution in [1.82, 2.24) is 4.90 Å². The zero-order valence-electron chi connectivity index (χ0n) is 9.46. The second kappa shape index (κ2) is 4.63. The van der Waals surface area contributed by atoms with E-state index in [1.807, 2.05) is 0 Å². The van der Waals surface area contributed by atoms with Gasteiger partial charge in [-0.05, 0) is 39.8 Å². The fourth-order valence-electron chi connectivity index (χ4n) is 1.60. The number of hydrogen-bond acceptors (Lipinski definition) is 2. The molecule has 0 fully saturated rings. The smallest absolute Gasteiger partial charge is 0.112 e. The Kier molecular flexibility index (Phi) is 3.74. The highest BCUT2D eigenvalue weighted by Gasteiger charge is 2.18. The molecule has 0 aliphatic carbocycles. The predicted octanol–water partition coefficient (Wildman–Crippen LogP) is 1.41. The van der Waals surface area contributed by atoms with Crippen molar-refractivity contribution in [3.05, 3.63) is 11.1 Å². The van der Waals surface area contributed by atoms with Gasteiger partial charge in [-0.3, -0.25) is 4.90 Å². The quantitative estimate of drug-likeness (QED) is 0.588. The molecule has 2 heteroatoms. The topological polar surface area (TPSA) is 23.5 Å². The molecule has 14 heavy (non-hydrogen) atoms. The third kappa shape index (κ3) is 2.87. The first-order valence-corrected chi connectivity index (χ1v) is 5.09. The van der Waals surface area contributed by atoms with Crippen molar-refractivity contribution in [1.29, 1.82) is 0 Å². The normalized spacial score (nSPS) is 25.6. The summed E-state index contributed by atoms with van der Waals surface area (Å²) in [5.74, 6) is 5.88. The fourth-order valence-corrected chi connectivity index (χ4v) is 1.60. The lowest BCUT2D eigenvalue weighted by Gasteiger charge is -2.30. The molecule has 0 bridgehead atoms. The molecule has 2 atom stereocenters. The summed E-state index contributed by atoms with van der Waals surface area (Å²) in [7, 11) is 2.13. The number of aliphatic hydroxyl groups is 1. The summed E-state index contributed by atoms with van der Waals surface area (Å²) in [6.45, 7) is 7.01. The summed E-state index contributed by atoms with van der Waals surface area (Å²) >= 11 is 0. The monoisotopic (exact) mass is 193 g/mol. The zero-order chi connectivity index (χ0) is 10.7. The van der Waals surface area contributed by atoms with Gasteiger partial charge in [-0.15, -0.1) is 0 Å². The van der Waals surface area contributed by atoms with Gasteiger partial charge in [-0.1, -0.05) is 11.8 Å². The molecule has 2 unspecified atom stereocenters. The molecular weight excluding hydrogens is 174 g/mol. The third-order valence-electron chi connectivity index (χ3n) is 2.69. The van der Waals surface area contributed by atoms with Crippen LogP contribution >= 0.6 is 0 Å². The summed E-state index contributed by atoms with van der Waals surface area (Å²) in [6, 6.07) is 0.553. The summed E-state index contributed by atoms with van der Waals surface area (Å²) < 4.78 is 0. The van der Waals surface area contributed by atoms with Crippen LogP contribution in [0.2, 0.25) is 0 Å². The molecule has 2 nitrogen and oxygen atoms in total. The molecule has 1 N–H and O–H groups in total. The second-order valence-electron chi connectivity index (χ2n) is 4.17. The summed E-state index contributed by atoms with van der Waals surface area (Å²) in [5, 5.41) is 9.08. The molecule has 0 radical (unpaired) electrons. The maximum Gasteiger partial charge on any atom is 0.112 e. The average Bonchev–Trinajstić information content (AvgIpc) is 2.09. The predicted molar refractivity (Wildman–Crippen MR) is 58.9 cm³/mol. The highest BCUT2D eigenvalue weighted by molar-refractivity contribution is 5.36. The van der Waals surface area contributed by atoms with Crippen molar-refractivity contribution in [3.63, 3.8) is 0 Å². The summed E-state index contributed by atoms with van der Waals surface area (Å²) in [6.07, 6.45) is 0.479. The van der Waals surface area contributed by atoms with Crippen molar-refractivity contribution in [3.8, 4) is 11.8 Å². The highest BCUT2D eigenvalue weighted by Crippen LogP contribution is 2.20. The van der Waals surface area contributed by atoms with E-state index < -0.39 is 6.10 Å². The molecule has 0 spiro atoms. The second-order valence-corrected chi connectivity index (χ2v) is 4.17. The van der Waals surface area contributed by atoms with Crippen LogP contribution in [0.1, 0.15) is 27.2 Å². The van der Waals surface area contributed by atoms with Crippen molar-refractivity contribution >= 4 is 0 Å². The Morgan fingerprint density at radius 1 is 1.57 bits per heavy atom. The Bertz CT molecular complexity index is 293. The molecule has 0 saturated carbocycles. The van der Waals surface area contributed by atoms with Gasteiger partial charge < -0.3 is 5.11 Å². The van der Waals surface area contributed by atoms with Crippen molar-refractivity contribution in [2.45, 2.75) is 39.3 Å². The zero-order valence-corrected chi connectivity index (χ0v) is 9.46. The third-order valence-corrected chi connectivity index (χ3v) is 2.69. The lowest BCUT2D eigenvalue weighted by molar-refractivity contribution is 0.253. The molecule has 0 aromatic rings. The van der Waals surface area contributed by atoms with E-state index in [0.29, 0.717) is 6.04 Å². The molecule has 1 rings (SSSR count). The SMILES string of the molecule is CC1=C(C#CC(C)O)CC(C)N(C)C1. The molecule has 0 saturated heterocycles. The van der Waals surface area contributed by atoms with Crippen LogP contribution in [0.25, 0.3) is 0 Å². The van der Waals surface area contributed by atoms with Gasteiger partial charge in [0.25, 0.3) is 0 Å². The standard InChI is InChI=1S/C12H19NO/c1-9-8-13(4)10(2)7-12(9)6-5-11(3)14/h10-11,14H,7-8H2,1-4H3. The maximum absolute atomic E-state index is 9.08. The molecule has 0 aromatic heterocycles. The lowest BCUT2D eigenvalue weighted by Crippen LogP contribution is -2.34. The van der Waals surface area contributed by atoms with Gasteiger partial charge in [-0.25, -0.2) is 0 Å². The van der Waals surface area contributed by atoms with Crippen LogP contribution < -0.4 is 0 Å². The van der Waals surface area contributed by atoms with Gasteiger partial charge in [0, 0.05) is 18.2 Å². The van der Waals surface area contributed by atoms with Crippen molar-refractivity contribution < 1.29 is 5.11 Å². The number of likely N-dealkylation sites (N-methyl/N-ethyl adjacent to an activating group) is 1. The minimum absolute atomic E-state index is 0.523. The van der Waals surface area contributed by atoms with Crippen LogP contribution in [0.4, 0.5) is 0 Å². The molecule has 0 amide bonds. The first kappa shape index (κ1) is 11.3. The lowest BCUT2D eigenvalue weighted by atomic mass is 9.96. The largest absolute Gasteiger partial charge is 0.381 e. The summed E-state index contributed by atoms with van der Waals surface area (Å²) in [4.78, 5) is 2.32. The Morgan fingerprint density at radius 2 is 2.21 bits per heavy atom. The van der Waals surface area contributed by atoms with Crippen molar-refractivity contribution in [2.75, 3.05) is 13.6 Å². The highest BCUT2D eigenvalue weighted by atomic mass is 16.3. The first-order valence-electron chi connectivity index (χ1n) is 5.09. The van der Waals surface area contributed by atoms with E-state index in [9.17, 15) is 0 Å². The number of nitrogens with zero attached hydrogens (tertiary/aromatic N) is 1. The molecule has 0 aromatic carbocycles. The number of aliphatic hydroxyl groups excluding tert-OH is 1. The van der Waals surface area contributed by atoms with Crippen LogP contribution in [0, 0.1) is 11.8 Å². The van der Waals surface area contributed by atoms with E-state index in [0.717, 1.165) is 13.0 Å². The van der Waals surface area contributed by atoms with E-state index in [1.165, 1.54) is 11.1 Å². The van der Waals surface area contributed by atoms with Gasteiger partial charge in [0.05, 0.1) is 0 Å². The van der Waals surface area contributed by atoms with Gasteiger partial charge in [0.2, 0.25) is 0 Å². The van der Waals surface area contributed by atoms with Crippen molar-refractivity contribution in [2.24, 2.45) is 0 Å². The molecule has 1 aliphatic rings. The first-order chi connectivity index (χ1) is 6.50. The Morgan fingerprint density at radius 3 is 2.79 bits per heavy atom. The van der Waals surface area contributed by atoms with E-state index in [1.54, 1.807) is 6.92 Å². The average molecular weight is 193 g/mol. The Hall–Kier alpha value is -0.780. The van der Waals surface area contributed by atoms with Gasteiger partial charge >= 0.3 is 0 Å². The van der Waals surface area contributed by atoms with E-state index >= 15 is 0 Å². The van der Waals surface area contributed by atoms with Gasteiger partial charge in [-0.2, -0.15) is 0 Å². The van der Waals surface area contributed by atoms with Gasteiger partial charge in [0.15, 0.2) is 0 Å². The summed E-state index contributed by atoms with van der Waals surface area (Å²) in [5.41, 5.74) is 2.54. The molecule has 78 valence electrons. The number of hydrogen-bond donors (Lipinski definition) is 1. The Labute approximate surface area is 86.6 Å². The Balaban J connectivity index is 2.79. The molecular formula is C12H19NO. The van der Waals surface area contributed by atoms with Crippen LogP contribution in [0.5, 0.6) is 0 Å². The van der Waals surface area contributed by atoms with Crippen LogP contribution in [0.3, 0.4) is 0 Å². The number of rotatable bonds is 0. The van der Waals surface area contributed by atoms with Gasteiger partial charge in [0.1, 0.15) is 6.10 Å². The van der Waals surface area contributed by atoms with Crippen LogP contribution in [-0.4, -0.2) is 35.7 Å². The molecule has 1 aliphatic heterocycles. The fraction of sp³-hybridized carbons (Fsp3) is 0.667. The van der Waals surface area contributed by atoms with E-state index in [2.05, 4.69) is 37.6 Å².